The fourth-order valence-electron chi connectivity index (χ4n) is 5.01. The number of amides is 3. The van der Waals surface area contributed by atoms with Crippen molar-refractivity contribution in [3.8, 4) is 0 Å². The van der Waals surface area contributed by atoms with Gasteiger partial charge in [-0.1, -0.05) is 25.7 Å². The Kier molecular flexibility index (Phi) is 5.20. The monoisotopic (exact) mass is 398 g/mol. The molecule has 152 valence electrons. The maximum absolute atomic E-state index is 13.0. The molecule has 1 atom stereocenters. The van der Waals surface area contributed by atoms with Crippen molar-refractivity contribution in [2.45, 2.75) is 56.5 Å². The summed E-state index contributed by atoms with van der Waals surface area (Å²) in [5, 5.41) is 2.99. The summed E-state index contributed by atoms with van der Waals surface area (Å²) < 4.78 is 23.4. The molecular weight excluding hydrogens is 368 g/mol. The van der Waals surface area contributed by atoms with E-state index in [-0.39, 0.29) is 23.7 Å². The number of hydrogen-bond acceptors (Lipinski definition) is 6. The van der Waals surface area contributed by atoms with E-state index >= 15 is 0 Å². The predicted octanol–water partition coefficient (Wildman–Crippen LogP) is 0.393. The zero-order chi connectivity index (χ0) is 19.1. The Bertz CT molecular complexity index is 694. The third-order valence-corrected chi connectivity index (χ3v) is 8.43. The molecule has 4 fully saturated rings. The van der Waals surface area contributed by atoms with E-state index in [0.717, 1.165) is 71.1 Å². The summed E-state index contributed by atoms with van der Waals surface area (Å²) in [7, 11) is -2.87. The van der Waals surface area contributed by atoms with Crippen LogP contribution in [0.25, 0.3) is 0 Å². The topological polar surface area (TPSA) is 90.0 Å². The van der Waals surface area contributed by atoms with Gasteiger partial charge in [-0.25, -0.2) is 18.1 Å². The molecule has 3 aliphatic heterocycles. The van der Waals surface area contributed by atoms with Gasteiger partial charge in [-0.05, 0) is 19.3 Å². The molecule has 0 radical (unpaired) electrons. The van der Waals surface area contributed by atoms with Crippen LogP contribution in [0.4, 0.5) is 4.79 Å². The number of rotatable bonds is 3. The van der Waals surface area contributed by atoms with Crippen molar-refractivity contribution in [1.82, 2.24) is 20.0 Å². The van der Waals surface area contributed by atoms with Gasteiger partial charge in [-0.3, -0.25) is 14.6 Å². The number of imide groups is 1. The van der Waals surface area contributed by atoms with Crippen LogP contribution in [0.2, 0.25) is 0 Å². The van der Waals surface area contributed by atoms with Crippen LogP contribution in [0.5, 0.6) is 0 Å². The molecule has 8 nitrogen and oxygen atoms in total. The molecule has 0 bridgehead atoms. The lowest BCUT2D eigenvalue weighted by atomic mass is 9.90. The van der Waals surface area contributed by atoms with Crippen LogP contribution >= 0.6 is 0 Å². The number of hydrogen-bond donors (Lipinski definition) is 1. The molecule has 1 spiro atoms. The SMILES string of the molecule is O=C1NC2(CCCCCC2)C(=O)N1CN1CCN(C2CCS(=O)(=O)C2)CC1. The highest BCUT2D eigenvalue weighted by atomic mass is 32.2. The first kappa shape index (κ1) is 19.1. The highest BCUT2D eigenvalue weighted by molar-refractivity contribution is 7.91. The molecule has 3 amide bonds. The molecule has 0 aromatic heterocycles. The lowest BCUT2D eigenvalue weighted by Crippen LogP contribution is -2.54. The van der Waals surface area contributed by atoms with Crippen molar-refractivity contribution in [2.24, 2.45) is 0 Å². The summed E-state index contributed by atoms with van der Waals surface area (Å²) in [6.45, 7) is 3.41. The third-order valence-electron chi connectivity index (χ3n) is 6.68. The van der Waals surface area contributed by atoms with Gasteiger partial charge in [0.2, 0.25) is 0 Å². The van der Waals surface area contributed by atoms with Crippen molar-refractivity contribution in [2.75, 3.05) is 44.4 Å². The Morgan fingerprint density at radius 1 is 1.00 bits per heavy atom. The number of urea groups is 1. The van der Waals surface area contributed by atoms with E-state index < -0.39 is 15.4 Å². The fourth-order valence-corrected chi connectivity index (χ4v) is 6.77. The number of carbonyl (C=O) groups excluding carboxylic acids is 2. The maximum Gasteiger partial charge on any atom is 0.326 e. The summed E-state index contributed by atoms with van der Waals surface area (Å²) in [5.74, 6) is 0.504. The number of carbonyl (C=O) groups is 2. The fraction of sp³-hybridized carbons (Fsp3) is 0.889. The van der Waals surface area contributed by atoms with Gasteiger partial charge in [0, 0.05) is 32.2 Å². The first-order valence-corrected chi connectivity index (χ1v) is 12.0. The van der Waals surface area contributed by atoms with Gasteiger partial charge >= 0.3 is 6.03 Å². The minimum absolute atomic E-state index is 0.0567. The zero-order valence-electron chi connectivity index (χ0n) is 15.9. The molecule has 9 heteroatoms. The Morgan fingerprint density at radius 3 is 2.26 bits per heavy atom. The first-order valence-electron chi connectivity index (χ1n) is 10.2. The van der Waals surface area contributed by atoms with Gasteiger partial charge in [-0.15, -0.1) is 0 Å². The van der Waals surface area contributed by atoms with Crippen molar-refractivity contribution in [3.63, 3.8) is 0 Å². The maximum atomic E-state index is 13.0. The number of sulfone groups is 1. The average Bonchev–Trinajstić information content (AvgIpc) is 2.98. The van der Waals surface area contributed by atoms with Crippen LogP contribution in [-0.4, -0.2) is 91.0 Å². The zero-order valence-corrected chi connectivity index (χ0v) is 16.7. The van der Waals surface area contributed by atoms with Gasteiger partial charge in [0.05, 0.1) is 18.2 Å². The second kappa shape index (κ2) is 7.33. The van der Waals surface area contributed by atoms with E-state index in [1.165, 1.54) is 4.90 Å². The van der Waals surface area contributed by atoms with Gasteiger partial charge in [0.1, 0.15) is 5.54 Å². The minimum Gasteiger partial charge on any atom is -0.323 e. The van der Waals surface area contributed by atoms with Gasteiger partial charge in [0.25, 0.3) is 5.91 Å². The largest absolute Gasteiger partial charge is 0.326 e. The summed E-state index contributed by atoms with van der Waals surface area (Å²) in [6.07, 6.45) is 6.45. The van der Waals surface area contributed by atoms with Crippen LogP contribution in [0.1, 0.15) is 44.9 Å². The molecule has 1 unspecified atom stereocenters. The van der Waals surface area contributed by atoms with Crippen LogP contribution in [0.3, 0.4) is 0 Å². The van der Waals surface area contributed by atoms with E-state index in [1.54, 1.807) is 0 Å². The van der Waals surface area contributed by atoms with Gasteiger partial charge < -0.3 is 5.32 Å². The van der Waals surface area contributed by atoms with Crippen molar-refractivity contribution in [3.05, 3.63) is 0 Å². The summed E-state index contributed by atoms with van der Waals surface area (Å²) in [5.41, 5.74) is -0.673. The predicted molar refractivity (Wildman–Crippen MR) is 101 cm³/mol. The standard InChI is InChI=1S/C18H30N4O4S/c23-16-18(6-3-1-2-4-7-18)19-17(24)22(16)14-20-8-10-21(11-9-20)15-5-12-27(25,26)13-15/h15H,1-14H2,(H,19,24). The van der Waals surface area contributed by atoms with E-state index in [0.29, 0.717) is 12.4 Å². The highest BCUT2D eigenvalue weighted by Gasteiger charge is 2.51. The molecule has 1 aliphatic carbocycles. The summed E-state index contributed by atoms with van der Waals surface area (Å²) in [6, 6.07) is -0.130. The summed E-state index contributed by atoms with van der Waals surface area (Å²) in [4.78, 5) is 31.3. The van der Waals surface area contributed by atoms with Crippen molar-refractivity contribution >= 4 is 21.8 Å². The minimum atomic E-state index is -2.87. The molecule has 3 saturated heterocycles. The Hall–Kier alpha value is -1.19. The molecule has 0 aromatic rings. The smallest absolute Gasteiger partial charge is 0.323 e. The Morgan fingerprint density at radius 2 is 1.67 bits per heavy atom. The Balaban J connectivity index is 1.32. The lowest BCUT2D eigenvalue weighted by molar-refractivity contribution is -0.133. The number of nitrogens with zero attached hydrogens (tertiary/aromatic N) is 3. The second-order valence-corrected chi connectivity index (χ2v) is 10.7. The van der Waals surface area contributed by atoms with Crippen LogP contribution in [0, 0.1) is 0 Å². The quantitative estimate of drug-likeness (QED) is 0.692. The van der Waals surface area contributed by atoms with Gasteiger partial charge in [-0.2, -0.15) is 0 Å². The molecule has 1 saturated carbocycles. The molecule has 1 N–H and O–H groups in total. The highest BCUT2D eigenvalue weighted by Crippen LogP contribution is 2.33. The van der Waals surface area contributed by atoms with Crippen LogP contribution < -0.4 is 5.32 Å². The lowest BCUT2D eigenvalue weighted by Gasteiger charge is -2.38. The van der Waals surface area contributed by atoms with Crippen LogP contribution in [-0.2, 0) is 14.6 Å². The molecule has 27 heavy (non-hydrogen) atoms. The summed E-state index contributed by atoms with van der Waals surface area (Å²) >= 11 is 0. The number of nitrogens with one attached hydrogen (secondary N) is 1. The third kappa shape index (κ3) is 3.86. The van der Waals surface area contributed by atoms with Crippen LogP contribution in [0.15, 0.2) is 0 Å². The molecule has 0 aromatic carbocycles. The molecule has 4 aliphatic rings. The van der Waals surface area contributed by atoms with Gasteiger partial charge in [0.15, 0.2) is 9.84 Å². The van der Waals surface area contributed by atoms with Crippen molar-refractivity contribution in [1.29, 1.82) is 0 Å². The molecular formula is C18H30N4O4S. The Labute approximate surface area is 161 Å². The number of piperazine rings is 1. The van der Waals surface area contributed by atoms with E-state index in [9.17, 15) is 18.0 Å². The first-order chi connectivity index (χ1) is 12.9. The van der Waals surface area contributed by atoms with E-state index in [2.05, 4.69) is 15.1 Å². The van der Waals surface area contributed by atoms with Crippen molar-refractivity contribution < 1.29 is 18.0 Å². The van der Waals surface area contributed by atoms with E-state index in [4.69, 9.17) is 0 Å². The molecule has 4 rings (SSSR count). The second-order valence-electron chi connectivity index (χ2n) is 8.51. The normalized spacial score (nSPS) is 32.0. The van der Waals surface area contributed by atoms with E-state index in [1.807, 2.05) is 0 Å². The molecule has 3 heterocycles. The average molecular weight is 399 g/mol.